The molecule has 4 aromatic rings. The number of aromatic nitrogens is 4. The molecule has 0 aliphatic rings. The summed E-state index contributed by atoms with van der Waals surface area (Å²) >= 11 is 1.77. The van der Waals surface area contributed by atoms with Crippen molar-refractivity contribution in [2.24, 2.45) is 0 Å². The van der Waals surface area contributed by atoms with E-state index in [9.17, 15) is 4.39 Å². The first-order valence-electron chi connectivity index (χ1n) is 7.96. The van der Waals surface area contributed by atoms with Crippen LogP contribution < -0.4 is 5.32 Å². The average Bonchev–Trinajstić information content (AvgIpc) is 3.22. The fourth-order valence-electron chi connectivity index (χ4n) is 2.63. The molecule has 0 fully saturated rings. The molecule has 1 N–H and O–H groups in total. The third-order valence-electron chi connectivity index (χ3n) is 3.99. The Labute approximate surface area is 148 Å². The van der Waals surface area contributed by atoms with Gasteiger partial charge in [0.05, 0.1) is 0 Å². The number of aryl methyl sites for hydroxylation is 1. The van der Waals surface area contributed by atoms with E-state index in [0.717, 1.165) is 24.3 Å². The van der Waals surface area contributed by atoms with Crippen LogP contribution in [0.2, 0.25) is 0 Å². The van der Waals surface area contributed by atoms with Crippen molar-refractivity contribution >= 4 is 22.8 Å². The third-order valence-corrected chi connectivity index (χ3v) is 5.07. The number of halogens is 1. The molecule has 3 heterocycles. The Bertz CT molecular complexity index is 1010. The first kappa shape index (κ1) is 15.7. The highest BCUT2D eigenvalue weighted by atomic mass is 32.1. The Morgan fingerprint density at radius 1 is 1.08 bits per heavy atom. The highest BCUT2D eigenvalue weighted by Crippen LogP contribution is 2.19. The molecule has 5 nitrogen and oxygen atoms in total. The number of thiophene rings is 1. The number of fused-ring (bicyclic) bond motifs is 1. The standard InChI is InChI=1S/C18H16FN5S/c1-12-9-11-25-15(12)8-10-20-16-6-7-17-21-22-18(24(17)23-16)13-2-4-14(19)5-3-13/h2-7,9,11H,8,10H2,1H3,(H,20,23). The summed E-state index contributed by atoms with van der Waals surface area (Å²) < 4.78 is 14.8. The van der Waals surface area contributed by atoms with Crippen molar-refractivity contribution in [1.29, 1.82) is 0 Å². The Morgan fingerprint density at radius 3 is 2.68 bits per heavy atom. The van der Waals surface area contributed by atoms with Crippen LogP contribution in [0.4, 0.5) is 10.2 Å². The van der Waals surface area contributed by atoms with Crippen LogP contribution in [0.5, 0.6) is 0 Å². The number of hydrogen-bond donors (Lipinski definition) is 1. The molecule has 0 saturated heterocycles. The summed E-state index contributed by atoms with van der Waals surface area (Å²) in [5, 5.41) is 18.3. The molecular formula is C18H16FN5S. The minimum absolute atomic E-state index is 0.281. The van der Waals surface area contributed by atoms with Gasteiger partial charge >= 0.3 is 0 Å². The lowest BCUT2D eigenvalue weighted by Crippen LogP contribution is -2.08. The second-order valence-electron chi connectivity index (χ2n) is 5.72. The van der Waals surface area contributed by atoms with Crippen molar-refractivity contribution in [3.05, 3.63) is 64.1 Å². The predicted molar refractivity (Wildman–Crippen MR) is 97.4 cm³/mol. The first-order valence-corrected chi connectivity index (χ1v) is 8.84. The highest BCUT2D eigenvalue weighted by molar-refractivity contribution is 7.10. The van der Waals surface area contributed by atoms with Crippen molar-refractivity contribution in [1.82, 2.24) is 19.8 Å². The van der Waals surface area contributed by atoms with E-state index in [0.29, 0.717) is 11.5 Å². The molecule has 7 heteroatoms. The zero-order valence-corrected chi connectivity index (χ0v) is 14.4. The lowest BCUT2D eigenvalue weighted by Gasteiger charge is -2.06. The van der Waals surface area contributed by atoms with Gasteiger partial charge in [0.15, 0.2) is 11.5 Å². The lowest BCUT2D eigenvalue weighted by molar-refractivity contribution is 0.628. The first-order chi connectivity index (χ1) is 12.2. The molecule has 0 amide bonds. The van der Waals surface area contributed by atoms with Crippen LogP contribution in [0.3, 0.4) is 0 Å². The smallest absolute Gasteiger partial charge is 0.185 e. The van der Waals surface area contributed by atoms with Gasteiger partial charge in [-0.25, -0.2) is 4.39 Å². The van der Waals surface area contributed by atoms with Gasteiger partial charge < -0.3 is 5.32 Å². The van der Waals surface area contributed by atoms with Gasteiger partial charge in [0, 0.05) is 17.0 Å². The average molecular weight is 353 g/mol. The number of rotatable bonds is 5. The lowest BCUT2D eigenvalue weighted by atomic mass is 10.2. The number of hydrogen-bond acceptors (Lipinski definition) is 5. The summed E-state index contributed by atoms with van der Waals surface area (Å²) in [5.74, 6) is 1.06. The maximum atomic E-state index is 13.1. The quantitative estimate of drug-likeness (QED) is 0.590. The largest absolute Gasteiger partial charge is 0.368 e. The summed E-state index contributed by atoms with van der Waals surface area (Å²) in [4.78, 5) is 1.38. The molecule has 0 bridgehead atoms. The van der Waals surface area contributed by atoms with Gasteiger partial charge in [-0.05, 0) is 66.8 Å². The molecule has 0 unspecified atom stereocenters. The van der Waals surface area contributed by atoms with Gasteiger partial charge in [0.25, 0.3) is 0 Å². The van der Waals surface area contributed by atoms with Gasteiger partial charge in [-0.1, -0.05) is 0 Å². The van der Waals surface area contributed by atoms with Gasteiger partial charge in [0.2, 0.25) is 0 Å². The van der Waals surface area contributed by atoms with E-state index in [1.807, 2.05) is 12.1 Å². The number of benzene rings is 1. The van der Waals surface area contributed by atoms with Crippen molar-refractivity contribution in [3.63, 3.8) is 0 Å². The predicted octanol–water partition coefficient (Wildman–Crippen LogP) is 3.95. The van der Waals surface area contributed by atoms with E-state index in [4.69, 9.17) is 0 Å². The molecule has 0 spiro atoms. The van der Waals surface area contributed by atoms with Gasteiger partial charge in [0.1, 0.15) is 11.6 Å². The maximum Gasteiger partial charge on any atom is 0.185 e. The van der Waals surface area contributed by atoms with Crippen molar-refractivity contribution in [2.45, 2.75) is 13.3 Å². The van der Waals surface area contributed by atoms with E-state index in [2.05, 4.69) is 39.0 Å². The molecule has 3 aromatic heterocycles. The number of anilines is 1. The van der Waals surface area contributed by atoms with Crippen LogP contribution >= 0.6 is 11.3 Å². The Morgan fingerprint density at radius 2 is 1.92 bits per heavy atom. The van der Waals surface area contributed by atoms with Gasteiger partial charge in [-0.3, -0.25) is 0 Å². The van der Waals surface area contributed by atoms with Crippen LogP contribution in [0.1, 0.15) is 10.4 Å². The summed E-state index contributed by atoms with van der Waals surface area (Å²) in [7, 11) is 0. The molecule has 126 valence electrons. The molecule has 0 aliphatic heterocycles. The molecule has 1 aromatic carbocycles. The van der Waals surface area contributed by atoms with E-state index in [-0.39, 0.29) is 5.82 Å². The summed E-state index contributed by atoms with van der Waals surface area (Å²) in [6.07, 6.45) is 0.955. The minimum atomic E-state index is -0.281. The van der Waals surface area contributed by atoms with E-state index in [1.54, 1.807) is 28.0 Å². The minimum Gasteiger partial charge on any atom is -0.368 e. The second kappa shape index (κ2) is 6.60. The van der Waals surface area contributed by atoms with Crippen molar-refractivity contribution in [3.8, 4) is 11.4 Å². The molecule has 0 saturated carbocycles. The third kappa shape index (κ3) is 3.23. The molecule has 0 aliphatic carbocycles. The van der Waals surface area contributed by atoms with Gasteiger partial charge in [-0.2, -0.15) is 4.52 Å². The summed E-state index contributed by atoms with van der Waals surface area (Å²) in [6, 6.07) is 12.0. The fraction of sp³-hybridized carbons (Fsp3) is 0.167. The van der Waals surface area contributed by atoms with Crippen LogP contribution in [0.15, 0.2) is 47.8 Å². The normalized spacial score (nSPS) is 11.1. The highest BCUT2D eigenvalue weighted by Gasteiger charge is 2.10. The second-order valence-corrected chi connectivity index (χ2v) is 6.72. The monoisotopic (exact) mass is 353 g/mol. The molecule has 25 heavy (non-hydrogen) atoms. The fourth-order valence-corrected chi connectivity index (χ4v) is 3.54. The topological polar surface area (TPSA) is 55.1 Å². The van der Waals surface area contributed by atoms with Crippen LogP contribution in [0.25, 0.3) is 17.0 Å². The summed E-state index contributed by atoms with van der Waals surface area (Å²) in [6.45, 7) is 2.93. The maximum absolute atomic E-state index is 13.1. The molecule has 0 atom stereocenters. The van der Waals surface area contributed by atoms with E-state index in [1.165, 1.54) is 22.6 Å². The SMILES string of the molecule is Cc1ccsc1CCNc1ccc2nnc(-c3ccc(F)cc3)n2n1. The zero-order valence-electron chi connectivity index (χ0n) is 13.6. The van der Waals surface area contributed by atoms with Crippen LogP contribution in [0, 0.1) is 12.7 Å². The van der Waals surface area contributed by atoms with Crippen molar-refractivity contribution < 1.29 is 4.39 Å². The van der Waals surface area contributed by atoms with E-state index < -0.39 is 0 Å². The van der Waals surface area contributed by atoms with E-state index >= 15 is 0 Å². The number of nitrogens with zero attached hydrogens (tertiary/aromatic N) is 4. The Balaban J connectivity index is 1.55. The van der Waals surface area contributed by atoms with Crippen molar-refractivity contribution in [2.75, 3.05) is 11.9 Å². The number of nitrogens with one attached hydrogen (secondary N) is 1. The Kier molecular flexibility index (Phi) is 4.15. The summed E-state index contributed by atoms with van der Waals surface area (Å²) in [5.41, 5.74) is 2.75. The molecular weight excluding hydrogens is 337 g/mol. The molecule has 0 radical (unpaired) electrons. The molecule has 4 rings (SSSR count). The Hall–Kier alpha value is -2.80. The van der Waals surface area contributed by atoms with Crippen LogP contribution in [-0.2, 0) is 6.42 Å². The van der Waals surface area contributed by atoms with Gasteiger partial charge in [-0.15, -0.1) is 26.6 Å². The van der Waals surface area contributed by atoms with Crippen LogP contribution in [-0.4, -0.2) is 26.4 Å². The zero-order chi connectivity index (χ0) is 17.2.